The van der Waals surface area contributed by atoms with E-state index < -0.39 is 17.7 Å². The van der Waals surface area contributed by atoms with Gasteiger partial charge in [-0.2, -0.15) is 0 Å². The molecule has 0 aliphatic carbocycles. The number of hydrogen-bond donors (Lipinski definition) is 1. The van der Waals surface area contributed by atoms with E-state index in [9.17, 15) is 14.7 Å². The van der Waals surface area contributed by atoms with Crippen molar-refractivity contribution in [1.82, 2.24) is 4.90 Å². The number of aryl methyl sites for hydroxylation is 2. The van der Waals surface area contributed by atoms with E-state index in [-0.39, 0.29) is 17.9 Å². The summed E-state index contributed by atoms with van der Waals surface area (Å²) in [5.74, 6) is 0.596. The van der Waals surface area contributed by atoms with Crippen molar-refractivity contribution in [3.05, 3.63) is 88.4 Å². The van der Waals surface area contributed by atoms with Gasteiger partial charge in [-0.25, -0.2) is 0 Å². The predicted molar refractivity (Wildman–Crippen MR) is 122 cm³/mol. The van der Waals surface area contributed by atoms with Crippen molar-refractivity contribution in [2.45, 2.75) is 26.4 Å². The van der Waals surface area contributed by atoms with Gasteiger partial charge in [-0.3, -0.25) is 9.59 Å². The molecule has 1 unspecified atom stereocenters. The first kappa shape index (κ1) is 22.2. The van der Waals surface area contributed by atoms with Gasteiger partial charge >= 0.3 is 0 Å². The van der Waals surface area contributed by atoms with Gasteiger partial charge in [0.05, 0.1) is 19.8 Å². The number of benzene rings is 2. The fraction of sp³-hybridized carbons (Fsp3) is 0.231. The third-order valence-corrected chi connectivity index (χ3v) is 5.75. The number of carbonyl (C=O) groups excluding carboxylic acids is 2. The number of rotatable bonds is 6. The molecule has 1 aliphatic rings. The van der Waals surface area contributed by atoms with Crippen molar-refractivity contribution in [2.75, 3.05) is 14.2 Å². The van der Waals surface area contributed by atoms with Crippen LogP contribution in [0, 0.1) is 13.8 Å². The minimum absolute atomic E-state index is 0.00878. The van der Waals surface area contributed by atoms with E-state index in [0.29, 0.717) is 34.1 Å². The van der Waals surface area contributed by atoms with Gasteiger partial charge in [0, 0.05) is 12.1 Å². The molecule has 1 N–H and O–H groups in total. The van der Waals surface area contributed by atoms with Gasteiger partial charge < -0.3 is 23.9 Å². The standard InChI is InChI=1S/C26H25NO6/c1-15-12-19(32-4)9-10-20(15)24(28)22-23(21-11-8-16(2)33-21)27(26(30)25(22)29)14-17-6-5-7-18(13-17)31-3/h5-13,23,28H,14H2,1-4H3/b24-22-. The highest BCUT2D eigenvalue weighted by Gasteiger charge is 2.47. The van der Waals surface area contributed by atoms with Crippen LogP contribution in [0.15, 0.2) is 64.6 Å². The van der Waals surface area contributed by atoms with E-state index in [1.165, 1.54) is 4.90 Å². The van der Waals surface area contributed by atoms with E-state index in [0.717, 1.165) is 5.56 Å². The minimum Gasteiger partial charge on any atom is -0.507 e. The molecule has 2 heterocycles. The zero-order valence-electron chi connectivity index (χ0n) is 18.9. The first-order chi connectivity index (χ1) is 15.8. The van der Waals surface area contributed by atoms with E-state index in [1.807, 2.05) is 12.1 Å². The van der Waals surface area contributed by atoms with Gasteiger partial charge in [-0.1, -0.05) is 12.1 Å². The lowest BCUT2D eigenvalue weighted by Crippen LogP contribution is -2.29. The second-order valence-corrected chi connectivity index (χ2v) is 7.91. The van der Waals surface area contributed by atoms with E-state index >= 15 is 0 Å². The van der Waals surface area contributed by atoms with Gasteiger partial charge in [-0.05, 0) is 67.4 Å². The lowest BCUT2D eigenvalue weighted by atomic mass is 9.97. The Morgan fingerprint density at radius 3 is 2.36 bits per heavy atom. The lowest BCUT2D eigenvalue weighted by Gasteiger charge is -2.23. The van der Waals surface area contributed by atoms with Crippen LogP contribution in [0.5, 0.6) is 11.5 Å². The number of nitrogens with zero attached hydrogens (tertiary/aromatic N) is 1. The Labute approximate surface area is 191 Å². The van der Waals surface area contributed by atoms with Crippen molar-refractivity contribution < 1.29 is 28.6 Å². The van der Waals surface area contributed by atoms with E-state index in [2.05, 4.69) is 0 Å². The number of ketones is 1. The van der Waals surface area contributed by atoms with Crippen LogP contribution in [0.4, 0.5) is 0 Å². The number of hydrogen-bond acceptors (Lipinski definition) is 6. The van der Waals surface area contributed by atoms with Crippen LogP contribution in [0.3, 0.4) is 0 Å². The molecule has 0 bridgehead atoms. The van der Waals surface area contributed by atoms with Crippen LogP contribution in [0.25, 0.3) is 5.76 Å². The summed E-state index contributed by atoms with van der Waals surface area (Å²) in [6, 6.07) is 15.0. The minimum atomic E-state index is -0.869. The molecule has 1 amide bonds. The summed E-state index contributed by atoms with van der Waals surface area (Å²) in [7, 11) is 3.12. The van der Waals surface area contributed by atoms with Crippen molar-refractivity contribution in [2.24, 2.45) is 0 Å². The molecule has 1 atom stereocenters. The molecule has 1 aromatic heterocycles. The Balaban J connectivity index is 1.84. The van der Waals surface area contributed by atoms with Crippen molar-refractivity contribution >= 4 is 17.4 Å². The average Bonchev–Trinajstić information content (AvgIpc) is 3.34. The Kier molecular flexibility index (Phi) is 5.96. The molecule has 2 aromatic carbocycles. The number of Topliss-reactive ketones (excluding diaryl/α,β-unsaturated/α-hetero) is 1. The predicted octanol–water partition coefficient (Wildman–Crippen LogP) is 4.54. The quantitative estimate of drug-likeness (QED) is 0.339. The molecule has 1 aliphatic heterocycles. The zero-order chi connectivity index (χ0) is 23.7. The van der Waals surface area contributed by atoms with Gasteiger partial charge in [0.25, 0.3) is 11.7 Å². The molecule has 7 nitrogen and oxygen atoms in total. The summed E-state index contributed by atoms with van der Waals surface area (Å²) in [5.41, 5.74) is 1.93. The normalized spacial score (nSPS) is 17.5. The SMILES string of the molecule is COc1cccc(CN2C(=O)C(=O)/C(=C(\O)c3ccc(OC)cc3C)C2c2ccc(C)o2)c1. The van der Waals surface area contributed by atoms with Gasteiger partial charge in [0.2, 0.25) is 0 Å². The van der Waals surface area contributed by atoms with Crippen molar-refractivity contribution in [3.63, 3.8) is 0 Å². The number of furan rings is 1. The number of aliphatic hydroxyl groups is 1. The first-order valence-electron chi connectivity index (χ1n) is 10.5. The summed E-state index contributed by atoms with van der Waals surface area (Å²) in [4.78, 5) is 27.7. The first-order valence-corrected chi connectivity index (χ1v) is 10.5. The maximum atomic E-state index is 13.2. The maximum Gasteiger partial charge on any atom is 0.296 e. The summed E-state index contributed by atoms with van der Waals surface area (Å²) in [6.07, 6.45) is 0. The highest BCUT2D eigenvalue weighted by atomic mass is 16.5. The maximum absolute atomic E-state index is 13.2. The molecule has 0 saturated carbocycles. The largest absolute Gasteiger partial charge is 0.507 e. The van der Waals surface area contributed by atoms with Crippen LogP contribution >= 0.6 is 0 Å². The average molecular weight is 447 g/mol. The molecule has 1 fully saturated rings. The Morgan fingerprint density at radius 2 is 1.73 bits per heavy atom. The number of amides is 1. The highest BCUT2D eigenvalue weighted by molar-refractivity contribution is 6.46. The molecule has 1 saturated heterocycles. The second kappa shape index (κ2) is 8.86. The van der Waals surface area contributed by atoms with Gasteiger partial charge in [0.1, 0.15) is 34.8 Å². The number of carbonyl (C=O) groups is 2. The summed E-state index contributed by atoms with van der Waals surface area (Å²) >= 11 is 0. The highest BCUT2D eigenvalue weighted by Crippen LogP contribution is 2.41. The van der Waals surface area contributed by atoms with E-state index in [4.69, 9.17) is 13.9 Å². The molecule has 7 heteroatoms. The zero-order valence-corrected chi connectivity index (χ0v) is 18.9. The fourth-order valence-electron chi connectivity index (χ4n) is 4.08. The Morgan fingerprint density at radius 1 is 1.00 bits per heavy atom. The molecule has 170 valence electrons. The summed E-state index contributed by atoms with van der Waals surface area (Å²) in [5, 5.41) is 11.2. The van der Waals surface area contributed by atoms with Crippen molar-refractivity contribution in [3.8, 4) is 11.5 Å². The molecule has 33 heavy (non-hydrogen) atoms. The Bertz CT molecular complexity index is 1260. The van der Waals surface area contributed by atoms with Crippen LogP contribution in [-0.4, -0.2) is 35.9 Å². The second-order valence-electron chi connectivity index (χ2n) is 7.91. The molecule has 0 spiro atoms. The fourth-order valence-corrected chi connectivity index (χ4v) is 4.08. The Hall–Kier alpha value is -4.00. The molecule has 3 aromatic rings. The lowest BCUT2D eigenvalue weighted by molar-refractivity contribution is -0.140. The monoisotopic (exact) mass is 447 g/mol. The topological polar surface area (TPSA) is 89.2 Å². The number of aliphatic hydroxyl groups excluding tert-OH is 1. The van der Waals surface area contributed by atoms with Gasteiger partial charge in [0.15, 0.2) is 0 Å². The van der Waals surface area contributed by atoms with Crippen LogP contribution < -0.4 is 9.47 Å². The molecular formula is C26H25NO6. The van der Waals surface area contributed by atoms with Crippen LogP contribution in [0.2, 0.25) is 0 Å². The molecular weight excluding hydrogens is 422 g/mol. The summed E-state index contributed by atoms with van der Waals surface area (Å²) in [6.45, 7) is 3.73. The smallest absolute Gasteiger partial charge is 0.296 e. The van der Waals surface area contributed by atoms with Crippen molar-refractivity contribution in [1.29, 1.82) is 0 Å². The third kappa shape index (κ3) is 4.09. The number of likely N-dealkylation sites (tertiary alicyclic amines) is 1. The summed E-state index contributed by atoms with van der Waals surface area (Å²) < 4.78 is 16.3. The number of methoxy groups -OCH3 is 2. The molecule has 0 radical (unpaired) electrons. The van der Waals surface area contributed by atoms with E-state index in [1.54, 1.807) is 70.5 Å². The van der Waals surface area contributed by atoms with Crippen LogP contribution in [-0.2, 0) is 16.1 Å². The third-order valence-electron chi connectivity index (χ3n) is 5.75. The van der Waals surface area contributed by atoms with Crippen LogP contribution in [0.1, 0.15) is 34.3 Å². The van der Waals surface area contributed by atoms with Gasteiger partial charge in [-0.15, -0.1) is 0 Å². The molecule has 4 rings (SSSR count). The number of ether oxygens (including phenoxy) is 2.